The standard InChI is InChI=1S/C10H12N2O2/c1-7(11)9(13)12-10(14)8-5-3-2-4-6-8/h2-7H,11H2,1H3,(H,12,13,14). The zero-order valence-electron chi connectivity index (χ0n) is 7.86. The Balaban J connectivity index is 2.65. The molecule has 1 unspecified atom stereocenters. The first kappa shape index (κ1) is 10.4. The summed E-state index contributed by atoms with van der Waals surface area (Å²) in [5.74, 6) is -0.897. The van der Waals surface area contributed by atoms with E-state index in [4.69, 9.17) is 5.73 Å². The highest BCUT2D eigenvalue weighted by Crippen LogP contribution is 1.97. The summed E-state index contributed by atoms with van der Waals surface area (Å²) in [4.78, 5) is 22.4. The van der Waals surface area contributed by atoms with E-state index < -0.39 is 17.9 Å². The smallest absolute Gasteiger partial charge is 0.257 e. The van der Waals surface area contributed by atoms with Crippen LogP contribution in [0.2, 0.25) is 0 Å². The molecule has 3 N–H and O–H groups in total. The summed E-state index contributed by atoms with van der Waals surface area (Å²) in [6, 6.07) is 7.83. The van der Waals surface area contributed by atoms with E-state index in [1.54, 1.807) is 30.3 Å². The van der Waals surface area contributed by atoms with Crippen LogP contribution >= 0.6 is 0 Å². The van der Waals surface area contributed by atoms with E-state index >= 15 is 0 Å². The molecule has 0 heterocycles. The topological polar surface area (TPSA) is 72.2 Å². The van der Waals surface area contributed by atoms with Gasteiger partial charge in [0.2, 0.25) is 5.91 Å². The first-order valence-corrected chi connectivity index (χ1v) is 4.27. The van der Waals surface area contributed by atoms with Gasteiger partial charge in [0.25, 0.3) is 5.91 Å². The second kappa shape index (κ2) is 4.53. The zero-order chi connectivity index (χ0) is 10.6. The van der Waals surface area contributed by atoms with E-state index in [-0.39, 0.29) is 0 Å². The molecule has 14 heavy (non-hydrogen) atoms. The Morgan fingerprint density at radius 3 is 2.36 bits per heavy atom. The summed E-state index contributed by atoms with van der Waals surface area (Å²) in [7, 11) is 0. The molecule has 1 aromatic carbocycles. The average molecular weight is 192 g/mol. The van der Waals surface area contributed by atoms with Gasteiger partial charge in [-0.05, 0) is 19.1 Å². The maximum atomic E-state index is 11.4. The van der Waals surface area contributed by atoms with Gasteiger partial charge in [0.1, 0.15) is 0 Å². The first-order chi connectivity index (χ1) is 6.61. The highest BCUT2D eigenvalue weighted by molar-refractivity contribution is 6.05. The van der Waals surface area contributed by atoms with Crippen LogP contribution in [0.4, 0.5) is 0 Å². The zero-order valence-corrected chi connectivity index (χ0v) is 7.86. The molecule has 0 radical (unpaired) electrons. The minimum atomic E-state index is -0.678. The van der Waals surface area contributed by atoms with Crippen LogP contribution in [0, 0.1) is 0 Å². The van der Waals surface area contributed by atoms with Crippen molar-refractivity contribution in [3.8, 4) is 0 Å². The fraction of sp³-hybridized carbons (Fsp3) is 0.200. The van der Waals surface area contributed by atoms with Crippen LogP contribution in [-0.2, 0) is 4.79 Å². The number of benzene rings is 1. The van der Waals surface area contributed by atoms with E-state index in [2.05, 4.69) is 5.32 Å². The van der Waals surface area contributed by atoms with Crippen LogP contribution in [0.25, 0.3) is 0 Å². The minimum Gasteiger partial charge on any atom is -0.320 e. The highest BCUT2D eigenvalue weighted by atomic mass is 16.2. The van der Waals surface area contributed by atoms with Gasteiger partial charge in [-0.1, -0.05) is 18.2 Å². The second-order valence-corrected chi connectivity index (χ2v) is 2.97. The predicted molar refractivity (Wildman–Crippen MR) is 52.6 cm³/mol. The normalized spacial score (nSPS) is 11.9. The van der Waals surface area contributed by atoms with Gasteiger partial charge in [0.15, 0.2) is 0 Å². The van der Waals surface area contributed by atoms with Crippen LogP contribution in [0.1, 0.15) is 17.3 Å². The lowest BCUT2D eigenvalue weighted by molar-refractivity contribution is -0.121. The Kier molecular flexibility index (Phi) is 3.36. The van der Waals surface area contributed by atoms with E-state index in [1.807, 2.05) is 0 Å². The van der Waals surface area contributed by atoms with Crippen molar-refractivity contribution in [1.82, 2.24) is 5.32 Å². The summed E-state index contributed by atoms with van der Waals surface area (Å²) in [5, 5.41) is 2.19. The first-order valence-electron chi connectivity index (χ1n) is 4.27. The Morgan fingerprint density at radius 1 is 1.29 bits per heavy atom. The Labute approximate surface area is 82.1 Å². The highest BCUT2D eigenvalue weighted by Gasteiger charge is 2.12. The van der Waals surface area contributed by atoms with E-state index in [0.717, 1.165) is 0 Å². The molecule has 4 heteroatoms. The summed E-state index contributed by atoms with van der Waals surface area (Å²) in [6.45, 7) is 1.52. The Bertz CT molecular complexity index is 333. The van der Waals surface area contributed by atoms with Crippen LogP contribution in [0.5, 0.6) is 0 Å². The third-order valence-corrected chi connectivity index (χ3v) is 1.69. The molecule has 0 aliphatic heterocycles. The quantitative estimate of drug-likeness (QED) is 0.707. The van der Waals surface area contributed by atoms with Crippen molar-refractivity contribution in [1.29, 1.82) is 0 Å². The maximum Gasteiger partial charge on any atom is 0.257 e. The van der Waals surface area contributed by atoms with Gasteiger partial charge in [-0.3, -0.25) is 14.9 Å². The number of nitrogens with two attached hydrogens (primary N) is 1. The fourth-order valence-electron chi connectivity index (χ4n) is 0.887. The van der Waals surface area contributed by atoms with Gasteiger partial charge < -0.3 is 5.73 Å². The number of imide groups is 1. The number of carbonyl (C=O) groups excluding carboxylic acids is 2. The second-order valence-electron chi connectivity index (χ2n) is 2.97. The molecule has 4 nitrogen and oxygen atoms in total. The predicted octanol–water partition coefficient (Wildman–Crippen LogP) is 0.290. The van der Waals surface area contributed by atoms with Crippen molar-refractivity contribution in [2.75, 3.05) is 0 Å². The third kappa shape index (κ3) is 2.67. The summed E-state index contributed by atoms with van der Waals surface area (Å²) in [5.41, 5.74) is 5.74. The van der Waals surface area contributed by atoms with Crippen molar-refractivity contribution in [2.24, 2.45) is 5.73 Å². The van der Waals surface area contributed by atoms with Gasteiger partial charge >= 0.3 is 0 Å². The average Bonchev–Trinajstić information content (AvgIpc) is 2.19. The molecule has 0 saturated carbocycles. The van der Waals surface area contributed by atoms with Crippen LogP contribution in [0.3, 0.4) is 0 Å². The molecule has 1 aromatic rings. The van der Waals surface area contributed by atoms with Crippen LogP contribution < -0.4 is 11.1 Å². The van der Waals surface area contributed by atoms with Crippen molar-refractivity contribution >= 4 is 11.8 Å². The minimum absolute atomic E-state index is 0.423. The summed E-state index contributed by atoms with van der Waals surface area (Å²) < 4.78 is 0. The van der Waals surface area contributed by atoms with Gasteiger partial charge in [0.05, 0.1) is 6.04 Å². The molecule has 1 atom stereocenters. The van der Waals surface area contributed by atoms with Gasteiger partial charge in [0, 0.05) is 5.56 Å². The molecular formula is C10H12N2O2. The summed E-state index contributed by atoms with van der Waals surface area (Å²) >= 11 is 0. The van der Waals surface area contributed by atoms with Gasteiger partial charge in [-0.2, -0.15) is 0 Å². The lowest BCUT2D eigenvalue weighted by Crippen LogP contribution is -2.41. The molecule has 0 spiro atoms. The number of carbonyl (C=O) groups is 2. The van der Waals surface area contributed by atoms with Gasteiger partial charge in [-0.15, -0.1) is 0 Å². The Morgan fingerprint density at radius 2 is 1.86 bits per heavy atom. The number of hydrogen-bond donors (Lipinski definition) is 2. The number of nitrogens with one attached hydrogen (secondary N) is 1. The molecule has 74 valence electrons. The molecule has 0 aliphatic carbocycles. The van der Waals surface area contributed by atoms with Crippen molar-refractivity contribution in [3.05, 3.63) is 35.9 Å². The van der Waals surface area contributed by atoms with E-state index in [1.165, 1.54) is 6.92 Å². The molecule has 0 bridgehead atoms. The number of rotatable bonds is 2. The van der Waals surface area contributed by atoms with Crippen molar-refractivity contribution in [2.45, 2.75) is 13.0 Å². The molecule has 0 fully saturated rings. The SMILES string of the molecule is CC(N)C(=O)NC(=O)c1ccccc1. The monoisotopic (exact) mass is 192 g/mol. The molecule has 2 amide bonds. The lowest BCUT2D eigenvalue weighted by atomic mass is 10.2. The van der Waals surface area contributed by atoms with E-state index in [0.29, 0.717) is 5.56 Å². The Hall–Kier alpha value is -1.68. The lowest BCUT2D eigenvalue weighted by Gasteiger charge is -2.05. The number of amides is 2. The molecular weight excluding hydrogens is 180 g/mol. The molecule has 0 saturated heterocycles. The molecule has 1 rings (SSSR count). The van der Waals surface area contributed by atoms with E-state index in [9.17, 15) is 9.59 Å². The maximum absolute atomic E-state index is 11.4. The summed E-state index contributed by atoms with van der Waals surface area (Å²) in [6.07, 6.45) is 0. The number of hydrogen-bond acceptors (Lipinski definition) is 3. The molecule has 0 aromatic heterocycles. The van der Waals surface area contributed by atoms with Crippen LogP contribution in [0.15, 0.2) is 30.3 Å². The van der Waals surface area contributed by atoms with Crippen LogP contribution in [-0.4, -0.2) is 17.9 Å². The van der Waals surface area contributed by atoms with Gasteiger partial charge in [-0.25, -0.2) is 0 Å². The molecule has 0 aliphatic rings. The largest absolute Gasteiger partial charge is 0.320 e. The van der Waals surface area contributed by atoms with Crippen molar-refractivity contribution < 1.29 is 9.59 Å². The van der Waals surface area contributed by atoms with Crippen molar-refractivity contribution in [3.63, 3.8) is 0 Å². The fourth-order valence-corrected chi connectivity index (χ4v) is 0.887. The third-order valence-electron chi connectivity index (χ3n) is 1.69.